The van der Waals surface area contributed by atoms with Crippen molar-refractivity contribution in [3.8, 4) is 0 Å². The van der Waals surface area contributed by atoms with Crippen molar-refractivity contribution < 1.29 is 14.4 Å². The highest BCUT2D eigenvalue weighted by molar-refractivity contribution is 5.85. The maximum Gasteiger partial charge on any atom is 0.239 e. The summed E-state index contributed by atoms with van der Waals surface area (Å²) in [7, 11) is 0. The van der Waals surface area contributed by atoms with Crippen LogP contribution in [0.25, 0.3) is 0 Å². The summed E-state index contributed by atoms with van der Waals surface area (Å²) >= 11 is 0. The van der Waals surface area contributed by atoms with Gasteiger partial charge in [-0.2, -0.15) is 0 Å². The lowest BCUT2D eigenvalue weighted by atomic mass is 9.49. The van der Waals surface area contributed by atoms with Crippen LogP contribution in [0.1, 0.15) is 71.1 Å². The number of rotatable bonds is 7. The highest BCUT2D eigenvalue weighted by Gasteiger charge is 2.51. The number of hydrogen-bond donors (Lipinski definition) is 2. The predicted molar refractivity (Wildman–Crippen MR) is 111 cm³/mol. The van der Waals surface area contributed by atoms with Gasteiger partial charge in [-0.25, -0.2) is 0 Å². The predicted octanol–water partition coefficient (Wildman–Crippen LogP) is 2.47. The van der Waals surface area contributed by atoms with E-state index in [4.69, 9.17) is 0 Å². The lowest BCUT2D eigenvalue weighted by Crippen LogP contribution is -2.48. The second-order valence-corrected chi connectivity index (χ2v) is 10.6. The molecule has 4 bridgehead atoms. The Hall–Kier alpha value is -1.59. The van der Waals surface area contributed by atoms with Gasteiger partial charge in [0.2, 0.25) is 17.7 Å². The van der Waals surface area contributed by atoms with Gasteiger partial charge in [0, 0.05) is 32.5 Å². The van der Waals surface area contributed by atoms with Crippen molar-refractivity contribution in [2.45, 2.75) is 71.1 Å². The first-order valence-electron chi connectivity index (χ1n) is 11.7. The summed E-state index contributed by atoms with van der Waals surface area (Å²) in [4.78, 5) is 38.7. The largest absolute Gasteiger partial charge is 0.354 e. The number of carbonyl (C=O) groups is 3. The van der Waals surface area contributed by atoms with Crippen LogP contribution in [0, 0.1) is 29.1 Å². The van der Waals surface area contributed by atoms with Gasteiger partial charge in [0.25, 0.3) is 0 Å². The zero-order valence-corrected chi connectivity index (χ0v) is 17.9. The van der Waals surface area contributed by atoms with E-state index in [0.29, 0.717) is 25.3 Å². The molecule has 1 atom stereocenters. The van der Waals surface area contributed by atoms with Gasteiger partial charge in [-0.1, -0.05) is 6.92 Å². The minimum absolute atomic E-state index is 0.0140. The van der Waals surface area contributed by atoms with Crippen molar-refractivity contribution in [1.82, 2.24) is 15.5 Å². The summed E-state index contributed by atoms with van der Waals surface area (Å²) in [5.41, 5.74) is 0.202. The number of nitrogens with one attached hydrogen (secondary N) is 2. The minimum atomic E-state index is -0.205. The smallest absolute Gasteiger partial charge is 0.239 e. The van der Waals surface area contributed by atoms with E-state index in [1.54, 1.807) is 0 Å². The van der Waals surface area contributed by atoms with E-state index >= 15 is 0 Å². The molecule has 4 saturated carbocycles. The van der Waals surface area contributed by atoms with Crippen molar-refractivity contribution in [3.63, 3.8) is 0 Å². The van der Waals surface area contributed by atoms with Gasteiger partial charge < -0.3 is 15.5 Å². The Bertz CT molecular complexity index is 612. The summed E-state index contributed by atoms with van der Waals surface area (Å²) in [5.74, 6) is 2.98. The number of amides is 3. The van der Waals surface area contributed by atoms with E-state index in [9.17, 15) is 14.4 Å². The minimum Gasteiger partial charge on any atom is -0.354 e. The van der Waals surface area contributed by atoms with Crippen molar-refractivity contribution in [1.29, 1.82) is 0 Å². The number of hydrogen-bond acceptors (Lipinski definition) is 3. The number of carbonyl (C=O) groups excluding carboxylic acids is 3. The number of likely N-dealkylation sites (tertiary alicyclic amines) is 1. The van der Waals surface area contributed by atoms with Gasteiger partial charge in [-0.3, -0.25) is 14.4 Å². The Labute approximate surface area is 174 Å². The van der Waals surface area contributed by atoms with E-state index in [2.05, 4.69) is 17.6 Å². The Kier molecular flexibility index (Phi) is 6.16. The molecule has 29 heavy (non-hydrogen) atoms. The molecule has 5 aliphatic rings. The topological polar surface area (TPSA) is 78.5 Å². The average Bonchev–Trinajstić information content (AvgIpc) is 2.65. The maximum atomic E-state index is 12.5. The lowest BCUT2D eigenvalue weighted by Gasteiger charge is -2.56. The lowest BCUT2D eigenvalue weighted by molar-refractivity contribution is -0.133. The van der Waals surface area contributed by atoms with Crippen LogP contribution >= 0.6 is 0 Å². The molecule has 6 nitrogen and oxygen atoms in total. The fourth-order valence-electron chi connectivity index (χ4n) is 7.03. The fourth-order valence-corrected chi connectivity index (χ4v) is 7.03. The van der Waals surface area contributed by atoms with Crippen LogP contribution in [0.2, 0.25) is 0 Å². The molecule has 0 aromatic heterocycles. The van der Waals surface area contributed by atoms with E-state index in [1.807, 2.05) is 4.90 Å². The first-order valence-corrected chi connectivity index (χ1v) is 11.7. The molecule has 1 heterocycles. The Morgan fingerprint density at radius 2 is 1.62 bits per heavy atom. The summed E-state index contributed by atoms with van der Waals surface area (Å²) in [6.45, 7) is 4.19. The molecule has 0 radical (unpaired) electrons. The van der Waals surface area contributed by atoms with Crippen molar-refractivity contribution in [2.24, 2.45) is 29.1 Å². The van der Waals surface area contributed by atoms with Crippen LogP contribution in [-0.4, -0.2) is 48.8 Å². The van der Waals surface area contributed by atoms with Gasteiger partial charge in [0.15, 0.2) is 0 Å². The molecule has 1 aliphatic heterocycles. The van der Waals surface area contributed by atoms with Crippen molar-refractivity contribution >= 4 is 17.7 Å². The second-order valence-electron chi connectivity index (χ2n) is 10.6. The van der Waals surface area contributed by atoms with E-state index in [0.717, 1.165) is 37.3 Å². The second kappa shape index (κ2) is 8.65. The first kappa shape index (κ1) is 20.7. The Morgan fingerprint density at radius 3 is 2.24 bits per heavy atom. The van der Waals surface area contributed by atoms with E-state index in [1.165, 1.54) is 44.9 Å². The SMILES string of the molecule is CC1CCCN(C(=O)CCNC(=O)CNC(=O)CC23CC4CC(CC(C4)C2)C3)C1. The summed E-state index contributed by atoms with van der Waals surface area (Å²) in [6.07, 6.45) is 10.9. The third kappa shape index (κ3) is 5.13. The van der Waals surface area contributed by atoms with Crippen LogP contribution in [-0.2, 0) is 14.4 Å². The molecule has 5 fully saturated rings. The van der Waals surface area contributed by atoms with Crippen molar-refractivity contribution in [3.05, 3.63) is 0 Å². The van der Waals surface area contributed by atoms with Gasteiger partial charge in [-0.15, -0.1) is 0 Å². The molecule has 0 spiro atoms. The average molecular weight is 404 g/mol. The molecule has 3 amide bonds. The first-order chi connectivity index (χ1) is 13.9. The van der Waals surface area contributed by atoms with Gasteiger partial charge in [-0.05, 0) is 80.5 Å². The third-order valence-electron chi connectivity index (χ3n) is 7.82. The van der Waals surface area contributed by atoms with Crippen LogP contribution in [0.4, 0.5) is 0 Å². The zero-order chi connectivity index (χ0) is 20.4. The summed E-state index contributed by atoms with van der Waals surface area (Å²) in [6, 6.07) is 0. The summed E-state index contributed by atoms with van der Waals surface area (Å²) in [5, 5.41) is 5.60. The third-order valence-corrected chi connectivity index (χ3v) is 7.82. The molecule has 1 unspecified atom stereocenters. The normalized spacial score (nSPS) is 35.4. The van der Waals surface area contributed by atoms with Crippen LogP contribution < -0.4 is 10.6 Å². The molecule has 0 aromatic carbocycles. The molecule has 6 heteroatoms. The van der Waals surface area contributed by atoms with E-state index < -0.39 is 0 Å². The molecule has 0 aromatic rings. The molecule has 4 aliphatic carbocycles. The van der Waals surface area contributed by atoms with Crippen LogP contribution in [0.3, 0.4) is 0 Å². The molecule has 162 valence electrons. The Balaban J connectivity index is 1.13. The maximum absolute atomic E-state index is 12.5. The standard InChI is InChI=1S/C23H37N3O3/c1-16-3-2-6-26(15-16)22(29)4-5-24-21(28)14-25-20(27)13-23-10-17-7-18(11-23)9-19(8-17)12-23/h16-19H,2-15H2,1H3,(H,24,28)(H,25,27). The molecule has 2 N–H and O–H groups in total. The quantitative estimate of drug-likeness (QED) is 0.685. The van der Waals surface area contributed by atoms with Gasteiger partial charge in [0.05, 0.1) is 6.54 Å². The summed E-state index contributed by atoms with van der Waals surface area (Å²) < 4.78 is 0. The number of nitrogens with zero attached hydrogens (tertiary/aromatic N) is 1. The number of piperidine rings is 1. The highest BCUT2D eigenvalue weighted by Crippen LogP contribution is 2.61. The van der Waals surface area contributed by atoms with Gasteiger partial charge in [0.1, 0.15) is 0 Å². The highest BCUT2D eigenvalue weighted by atomic mass is 16.2. The molecule has 5 rings (SSSR count). The van der Waals surface area contributed by atoms with Crippen LogP contribution in [0.5, 0.6) is 0 Å². The van der Waals surface area contributed by atoms with Crippen LogP contribution in [0.15, 0.2) is 0 Å². The molecule has 1 saturated heterocycles. The Morgan fingerprint density at radius 1 is 0.966 bits per heavy atom. The monoisotopic (exact) mass is 403 g/mol. The fraction of sp³-hybridized carbons (Fsp3) is 0.870. The zero-order valence-electron chi connectivity index (χ0n) is 17.9. The van der Waals surface area contributed by atoms with E-state index in [-0.39, 0.29) is 29.7 Å². The van der Waals surface area contributed by atoms with Crippen molar-refractivity contribution in [2.75, 3.05) is 26.2 Å². The molecular weight excluding hydrogens is 366 g/mol. The molecular formula is C23H37N3O3. The van der Waals surface area contributed by atoms with Gasteiger partial charge >= 0.3 is 0 Å².